The molecule has 4 heteroatoms. The van der Waals surface area contributed by atoms with Gasteiger partial charge >= 0.3 is 0 Å². The minimum atomic E-state index is -1.38. The minimum absolute atomic E-state index is 0.564. The molecule has 0 saturated heterocycles. The lowest BCUT2D eigenvalue weighted by Crippen LogP contribution is -1.95. The first kappa shape index (κ1) is 25.4. The zero-order chi connectivity index (χ0) is 28.2. The summed E-state index contributed by atoms with van der Waals surface area (Å²) in [5.74, 6) is 0. The first-order valence-electron chi connectivity index (χ1n) is 13.8. The zero-order valence-electron chi connectivity index (χ0n) is 23.2. The summed E-state index contributed by atoms with van der Waals surface area (Å²) >= 11 is 1.85. The van der Waals surface area contributed by atoms with Crippen molar-refractivity contribution in [2.75, 3.05) is 5.73 Å². The van der Waals surface area contributed by atoms with Crippen molar-refractivity contribution in [3.05, 3.63) is 119 Å². The van der Waals surface area contributed by atoms with Gasteiger partial charge in [-0.3, -0.25) is 4.99 Å². The predicted octanol–water partition coefficient (Wildman–Crippen LogP) is 10.9. The van der Waals surface area contributed by atoms with Crippen LogP contribution in [0.15, 0.2) is 102 Å². The molecule has 2 nitrogen and oxygen atoms in total. The smallest absolute Gasteiger partial charge is 0.160 e. The molecule has 41 heavy (non-hydrogen) atoms. The SMILES string of the molecule is Cc1cc(C)c2sc3c(C)cc(-c4cccc(C(F)C=Nc5c(N)c6ccccc6c6ccccc56)c4)cc3c2c1. The fourth-order valence-electron chi connectivity index (χ4n) is 6.07. The van der Waals surface area contributed by atoms with E-state index >= 15 is 4.39 Å². The molecule has 0 spiro atoms. The number of aryl methyl sites for hydroxylation is 3. The molecule has 0 saturated carbocycles. The molecule has 0 fully saturated rings. The van der Waals surface area contributed by atoms with Gasteiger partial charge < -0.3 is 5.73 Å². The lowest BCUT2D eigenvalue weighted by atomic mass is 9.97. The van der Waals surface area contributed by atoms with Gasteiger partial charge in [0.05, 0.1) is 11.4 Å². The molecule has 1 unspecified atom stereocenters. The number of hydrogen-bond acceptors (Lipinski definition) is 3. The molecule has 7 aromatic rings. The lowest BCUT2D eigenvalue weighted by Gasteiger charge is -2.12. The second kappa shape index (κ2) is 9.83. The van der Waals surface area contributed by atoms with Crippen LogP contribution < -0.4 is 5.73 Å². The molecule has 0 aliphatic rings. The van der Waals surface area contributed by atoms with Crippen molar-refractivity contribution in [3.63, 3.8) is 0 Å². The highest BCUT2D eigenvalue weighted by atomic mass is 32.1. The summed E-state index contributed by atoms with van der Waals surface area (Å²) < 4.78 is 18.4. The molecular weight excluding hydrogens is 523 g/mol. The van der Waals surface area contributed by atoms with Crippen LogP contribution in [0.1, 0.15) is 28.4 Å². The van der Waals surface area contributed by atoms with Crippen LogP contribution in [-0.2, 0) is 0 Å². The van der Waals surface area contributed by atoms with Crippen molar-refractivity contribution in [2.24, 2.45) is 4.99 Å². The molecule has 0 radical (unpaired) electrons. The summed E-state index contributed by atoms with van der Waals surface area (Å²) in [7, 11) is 0. The van der Waals surface area contributed by atoms with Crippen molar-refractivity contribution < 1.29 is 4.39 Å². The maximum atomic E-state index is 15.8. The Hall–Kier alpha value is -4.54. The Balaban J connectivity index is 1.28. The van der Waals surface area contributed by atoms with Crippen LogP contribution in [0, 0.1) is 20.8 Å². The highest BCUT2D eigenvalue weighted by Crippen LogP contribution is 2.42. The summed E-state index contributed by atoms with van der Waals surface area (Å²) in [5, 5.41) is 6.51. The van der Waals surface area contributed by atoms with Gasteiger partial charge in [0.15, 0.2) is 6.17 Å². The average molecular weight is 553 g/mol. The number of thiophene rings is 1. The molecule has 0 amide bonds. The van der Waals surface area contributed by atoms with E-state index in [1.54, 1.807) is 0 Å². The van der Waals surface area contributed by atoms with E-state index in [1.807, 2.05) is 72.0 Å². The van der Waals surface area contributed by atoms with Crippen LogP contribution in [-0.4, -0.2) is 6.21 Å². The molecule has 2 N–H and O–H groups in total. The summed E-state index contributed by atoms with van der Waals surface area (Å²) in [6.45, 7) is 6.49. The van der Waals surface area contributed by atoms with Gasteiger partial charge in [-0.25, -0.2) is 4.39 Å². The second-order valence-corrected chi connectivity index (χ2v) is 11.9. The third kappa shape index (κ3) is 4.27. The predicted molar refractivity (Wildman–Crippen MR) is 177 cm³/mol. The Labute approximate surface area is 242 Å². The van der Waals surface area contributed by atoms with Gasteiger partial charge in [0.1, 0.15) is 0 Å². The van der Waals surface area contributed by atoms with Gasteiger partial charge in [0, 0.05) is 37.2 Å². The van der Waals surface area contributed by atoms with Crippen LogP contribution in [0.5, 0.6) is 0 Å². The number of fused-ring (bicyclic) bond motifs is 6. The van der Waals surface area contributed by atoms with Crippen molar-refractivity contribution in [1.29, 1.82) is 0 Å². The number of rotatable bonds is 4. The molecular formula is C37H29FN2S. The van der Waals surface area contributed by atoms with Crippen LogP contribution in [0.4, 0.5) is 15.8 Å². The quantitative estimate of drug-likeness (QED) is 0.132. The van der Waals surface area contributed by atoms with Crippen molar-refractivity contribution >= 4 is 70.6 Å². The van der Waals surface area contributed by atoms with Gasteiger partial charge in [-0.15, -0.1) is 11.3 Å². The molecule has 1 atom stereocenters. The molecule has 0 bridgehead atoms. The number of nitrogen functional groups attached to an aromatic ring is 1. The van der Waals surface area contributed by atoms with E-state index in [4.69, 9.17) is 5.73 Å². The standard InChI is InChI=1S/C37H29FN2S/c1-21-15-22(2)36-31(16-21)32-19-26(17-23(3)37(32)41-36)24-9-8-10-25(18-24)33(38)20-40-35-30-14-7-5-12-28(30)27-11-4-6-13-29(27)34(35)39/h4-20,33H,39H2,1-3H3. The first-order chi connectivity index (χ1) is 19.9. The van der Waals surface area contributed by atoms with Gasteiger partial charge in [0.2, 0.25) is 0 Å². The Morgan fingerprint density at radius 1 is 0.659 bits per heavy atom. The highest BCUT2D eigenvalue weighted by molar-refractivity contribution is 7.26. The van der Waals surface area contributed by atoms with Gasteiger partial charge in [-0.2, -0.15) is 0 Å². The Morgan fingerprint density at radius 2 is 1.29 bits per heavy atom. The average Bonchev–Trinajstić information content (AvgIpc) is 3.36. The molecule has 7 rings (SSSR count). The number of nitrogens with two attached hydrogens (primary N) is 1. The van der Waals surface area contributed by atoms with E-state index < -0.39 is 6.17 Å². The molecule has 6 aromatic carbocycles. The zero-order valence-corrected chi connectivity index (χ0v) is 24.0. The molecule has 0 aliphatic carbocycles. The van der Waals surface area contributed by atoms with Crippen molar-refractivity contribution in [2.45, 2.75) is 26.9 Å². The molecule has 1 aromatic heterocycles. The summed E-state index contributed by atoms with van der Waals surface area (Å²) in [6.07, 6.45) is -0.00465. The highest BCUT2D eigenvalue weighted by Gasteiger charge is 2.15. The third-order valence-corrected chi connectivity index (χ3v) is 9.50. The van der Waals surface area contributed by atoms with E-state index in [1.165, 1.54) is 43.1 Å². The van der Waals surface area contributed by atoms with Gasteiger partial charge in [0.25, 0.3) is 0 Å². The van der Waals surface area contributed by atoms with E-state index in [0.717, 1.165) is 32.7 Å². The normalized spacial score (nSPS) is 12.8. The fourth-order valence-corrected chi connectivity index (χ4v) is 7.27. The first-order valence-corrected chi connectivity index (χ1v) is 14.6. The van der Waals surface area contributed by atoms with Crippen molar-refractivity contribution in [1.82, 2.24) is 0 Å². The second-order valence-electron chi connectivity index (χ2n) is 10.9. The Bertz CT molecular complexity index is 2170. The summed E-state index contributed by atoms with van der Waals surface area (Å²) in [6, 6.07) is 32.7. The third-order valence-electron chi connectivity index (χ3n) is 8.01. The van der Waals surface area contributed by atoms with Crippen LogP contribution in [0.2, 0.25) is 0 Å². The number of anilines is 1. The topological polar surface area (TPSA) is 38.4 Å². The minimum Gasteiger partial charge on any atom is -0.396 e. The monoisotopic (exact) mass is 552 g/mol. The lowest BCUT2D eigenvalue weighted by molar-refractivity contribution is 0.446. The van der Waals surface area contributed by atoms with Crippen LogP contribution in [0.3, 0.4) is 0 Å². The largest absolute Gasteiger partial charge is 0.396 e. The number of nitrogens with zero attached hydrogens (tertiary/aromatic N) is 1. The number of hydrogen-bond donors (Lipinski definition) is 1. The molecule has 1 heterocycles. The molecule has 200 valence electrons. The maximum Gasteiger partial charge on any atom is 0.160 e. The number of aliphatic imine (C=N–C) groups is 1. The van der Waals surface area contributed by atoms with E-state index in [0.29, 0.717) is 16.9 Å². The fraction of sp³-hybridized carbons (Fsp3) is 0.108. The summed E-state index contributed by atoms with van der Waals surface area (Å²) in [5.41, 5.74) is 14.2. The summed E-state index contributed by atoms with van der Waals surface area (Å²) in [4.78, 5) is 4.64. The van der Waals surface area contributed by atoms with E-state index in [-0.39, 0.29) is 0 Å². The Morgan fingerprint density at radius 3 is 2.05 bits per heavy atom. The van der Waals surface area contributed by atoms with E-state index in [9.17, 15) is 0 Å². The maximum absolute atomic E-state index is 15.8. The Kier molecular flexibility index (Phi) is 6.09. The van der Waals surface area contributed by atoms with Gasteiger partial charge in [-0.05, 0) is 83.6 Å². The number of benzene rings is 6. The van der Waals surface area contributed by atoms with Gasteiger partial charge in [-0.1, -0.05) is 78.4 Å². The van der Waals surface area contributed by atoms with Crippen LogP contribution >= 0.6 is 11.3 Å². The number of halogens is 1. The number of alkyl halides is 1. The van der Waals surface area contributed by atoms with Crippen molar-refractivity contribution in [3.8, 4) is 11.1 Å². The van der Waals surface area contributed by atoms with Crippen LogP contribution in [0.25, 0.3) is 52.8 Å². The molecule has 0 aliphatic heterocycles. The van der Waals surface area contributed by atoms with E-state index in [2.05, 4.69) is 62.2 Å².